The van der Waals surface area contributed by atoms with Gasteiger partial charge in [-0.2, -0.15) is 0 Å². The highest BCUT2D eigenvalue weighted by Gasteiger charge is 2.27. The molecule has 21 heavy (non-hydrogen) atoms. The van der Waals surface area contributed by atoms with Crippen LogP contribution in [0.2, 0.25) is 5.02 Å². The maximum absolute atomic E-state index is 12.0. The van der Waals surface area contributed by atoms with Gasteiger partial charge in [-0.15, -0.1) is 0 Å². The fraction of sp³-hybridized carbons (Fsp3) is 0.429. The van der Waals surface area contributed by atoms with Crippen LogP contribution in [0.5, 0.6) is 5.75 Å². The summed E-state index contributed by atoms with van der Waals surface area (Å²) in [5.74, 6) is -0.845. The topological polar surface area (TPSA) is 66.8 Å². The standard InChI is InChI=1S/C14H15BrClNO4/c15-10-1-2-12(11(16)7-10)21-8-13(18)17-5-3-9(4-6-17)14(19)20/h1-2,7,9H,3-6,8H2,(H,19,20). The molecule has 1 saturated heterocycles. The zero-order chi connectivity index (χ0) is 15.4. The number of halogens is 2. The first-order valence-electron chi connectivity index (χ1n) is 6.56. The molecule has 7 heteroatoms. The van der Waals surface area contributed by atoms with Crippen LogP contribution in [0.15, 0.2) is 22.7 Å². The zero-order valence-corrected chi connectivity index (χ0v) is 13.6. The fourth-order valence-electron chi connectivity index (χ4n) is 2.20. The Morgan fingerprint density at radius 2 is 2.05 bits per heavy atom. The minimum absolute atomic E-state index is 0.0981. The number of carbonyl (C=O) groups excluding carboxylic acids is 1. The van der Waals surface area contributed by atoms with Gasteiger partial charge >= 0.3 is 5.97 Å². The average Bonchev–Trinajstić information content (AvgIpc) is 2.46. The highest BCUT2D eigenvalue weighted by Crippen LogP contribution is 2.27. The Labute approximate surface area is 136 Å². The number of hydrogen-bond donors (Lipinski definition) is 1. The zero-order valence-electron chi connectivity index (χ0n) is 11.2. The second kappa shape index (κ2) is 7.13. The third kappa shape index (κ3) is 4.35. The van der Waals surface area contributed by atoms with Crippen molar-refractivity contribution in [3.8, 4) is 5.75 Å². The molecule has 5 nitrogen and oxygen atoms in total. The van der Waals surface area contributed by atoms with E-state index in [9.17, 15) is 9.59 Å². The van der Waals surface area contributed by atoms with Crippen molar-refractivity contribution < 1.29 is 19.4 Å². The van der Waals surface area contributed by atoms with Crippen molar-refractivity contribution in [2.24, 2.45) is 5.92 Å². The molecule has 0 spiro atoms. The lowest BCUT2D eigenvalue weighted by Crippen LogP contribution is -2.42. The molecule has 0 bridgehead atoms. The molecule has 1 fully saturated rings. The largest absolute Gasteiger partial charge is 0.482 e. The molecular weight excluding hydrogens is 362 g/mol. The van der Waals surface area contributed by atoms with E-state index in [-0.39, 0.29) is 18.4 Å². The van der Waals surface area contributed by atoms with Gasteiger partial charge in [0.1, 0.15) is 5.75 Å². The number of hydrogen-bond acceptors (Lipinski definition) is 3. The Morgan fingerprint density at radius 3 is 2.62 bits per heavy atom. The van der Waals surface area contributed by atoms with Gasteiger partial charge in [-0.3, -0.25) is 9.59 Å². The number of likely N-dealkylation sites (tertiary alicyclic amines) is 1. The summed E-state index contributed by atoms with van der Waals surface area (Å²) in [6.07, 6.45) is 0.972. The Morgan fingerprint density at radius 1 is 1.38 bits per heavy atom. The van der Waals surface area contributed by atoms with Crippen LogP contribution in [-0.4, -0.2) is 41.6 Å². The van der Waals surface area contributed by atoms with Crippen molar-refractivity contribution in [1.82, 2.24) is 4.90 Å². The number of nitrogens with zero attached hydrogens (tertiary/aromatic N) is 1. The van der Waals surface area contributed by atoms with Gasteiger partial charge < -0.3 is 14.7 Å². The van der Waals surface area contributed by atoms with Crippen LogP contribution in [0, 0.1) is 5.92 Å². The second-order valence-electron chi connectivity index (χ2n) is 4.86. The summed E-state index contributed by atoms with van der Waals surface area (Å²) < 4.78 is 6.26. The predicted molar refractivity (Wildman–Crippen MR) is 81.6 cm³/mol. The quantitative estimate of drug-likeness (QED) is 0.877. The number of aliphatic carboxylic acids is 1. The van der Waals surface area contributed by atoms with Crippen LogP contribution in [0.4, 0.5) is 0 Å². The van der Waals surface area contributed by atoms with Gasteiger partial charge in [0.2, 0.25) is 0 Å². The van der Waals surface area contributed by atoms with Gasteiger partial charge in [-0.1, -0.05) is 27.5 Å². The van der Waals surface area contributed by atoms with Gasteiger partial charge in [0.25, 0.3) is 5.91 Å². The van der Waals surface area contributed by atoms with E-state index < -0.39 is 5.97 Å². The summed E-state index contributed by atoms with van der Waals surface area (Å²) in [5.41, 5.74) is 0. The molecule has 0 unspecified atom stereocenters. The Hall–Kier alpha value is -1.27. The van der Waals surface area contributed by atoms with Crippen LogP contribution in [0.1, 0.15) is 12.8 Å². The number of amides is 1. The molecule has 1 amide bonds. The van der Waals surface area contributed by atoms with Crippen LogP contribution >= 0.6 is 27.5 Å². The minimum Gasteiger partial charge on any atom is -0.482 e. The Balaban J connectivity index is 1.84. The molecule has 1 N–H and O–H groups in total. The minimum atomic E-state index is -0.792. The first kappa shape index (κ1) is 16.1. The highest BCUT2D eigenvalue weighted by atomic mass is 79.9. The van der Waals surface area contributed by atoms with Gasteiger partial charge in [0.05, 0.1) is 10.9 Å². The van der Waals surface area contributed by atoms with Crippen molar-refractivity contribution in [3.05, 3.63) is 27.7 Å². The van der Waals surface area contributed by atoms with E-state index in [0.29, 0.717) is 36.7 Å². The molecule has 0 saturated carbocycles. The average molecular weight is 377 g/mol. The van der Waals surface area contributed by atoms with E-state index in [4.69, 9.17) is 21.4 Å². The molecule has 1 aromatic rings. The highest BCUT2D eigenvalue weighted by molar-refractivity contribution is 9.10. The molecule has 1 aromatic carbocycles. The number of ether oxygens (including phenoxy) is 1. The van der Waals surface area contributed by atoms with E-state index in [1.54, 1.807) is 23.1 Å². The monoisotopic (exact) mass is 375 g/mol. The Bertz CT molecular complexity index is 544. The normalized spacial score (nSPS) is 15.8. The number of rotatable bonds is 4. The van der Waals surface area contributed by atoms with Gasteiger partial charge in [0.15, 0.2) is 6.61 Å². The van der Waals surface area contributed by atoms with E-state index >= 15 is 0 Å². The van der Waals surface area contributed by atoms with E-state index in [2.05, 4.69) is 15.9 Å². The predicted octanol–water partition coefficient (Wildman–Crippen LogP) is 2.80. The van der Waals surface area contributed by atoms with Crippen LogP contribution in [0.25, 0.3) is 0 Å². The molecule has 0 radical (unpaired) electrons. The number of carbonyl (C=O) groups is 2. The number of piperidine rings is 1. The van der Waals surface area contributed by atoms with E-state index in [1.807, 2.05) is 0 Å². The summed E-state index contributed by atoms with van der Waals surface area (Å²) in [5, 5.41) is 9.35. The lowest BCUT2D eigenvalue weighted by atomic mass is 9.97. The van der Waals surface area contributed by atoms with Crippen LogP contribution in [-0.2, 0) is 9.59 Å². The molecule has 1 heterocycles. The molecule has 1 aliphatic rings. The summed E-state index contributed by atoms with van der Waals surface area (Å²) in [7, 11) is 0. The van der Waals surface area contributed by atoms with Crippen molar-refractivity contribution >= 4 is 39.4 Å². The van der Waals surface area contributed by atoms with Gasteiger partial charge in [-0.25, -0.2) is 0 Å². The van der Waals surface area contributed by atoms with Gasteiger partial charge in [0, 0.05) is 17.6 Å². The summed E-state index contributed by atoms with van der Waals surface area (Å²) in [6, 6.07) is 5.17. The molecule has 0 aliphatic carbocycles. The van der Waals surface area contributed by atoms with Crippen LogP contribution in [0.3, 0.4) is 0 Å². The second-order valence-corrected chi connectivity index (χ2v) is 6.18. The molecule has 0 atom stereocenters. The van der Waals surface area contributed by atoms with Gasteiger partial charge in [-0.05, 0) is 31.0 Å². The van der Waals surface area contributed by atoms with Crippen molar-refractivity contribution in [2.75, 3.05) is 19.7 Å². The summed E-state index contributed by atoms with van der Waals surface area (Å²) in [4.78, 5) is 24.5. The third-order valence-corrected chi connectivity index (χ3v) is 4.23. The lowest BCUT2D eigenvalue weighted by molar-refractivity contribution is -0.146. The SMILES string of the molecule is O=C(O)C1CCN(C(=O)COc2ccc(Br)cc2Cl)CC1. The van der Waals surface area contributed by atoms with Crippen molar-refractivity contribution in [2.45, 2.75) is 12.8 Å². The molecule has 114 valence electrons. The van der Waals surface area contributed by atoms with E-state index in [0.717, 1.165) is 4.47 Å². The first-order chi connectivity index (χ1) is 9.97. The maximum atomic E-state index is 12.0. The summed E-state index contributed by atoms with van der Waals surface area (Å²) >= 11 is 9.30. The first-order valence-corrected chi connectivity index (χ1v) is 7.73. The Kier molecular flexibility index (Phi) is 5.47. The smallest absolute Gasteiger partial charge is 0.306 e. The number of carboxylic acid groups (broad SMARTS) is 1. The fourth-order valence-corrected chi connectivity index (χ4v) is 2.93. The van der Waals surface area contributed by atoms with Crippen molar-refractivity contribution in [3.63, 3.8) is 0 Å². The van der Waals surface area contributed by atoms with E-state index in [1.165, 1.54) is 0 Å². The molecule has 2 rings (SSSR count). The third-order valence-electron chi connectivity index (χ3n) is 3.44. The molecule has 0 aromatic heterocycles. The summed E-state index contributed by atoms with van der Waals surface area (Å²) in [6.45, 7) is 0.805. The lowest BCUT2D eigenvalue weighted by Gasteiger charge is -2.30. The maximum Gasteiger partial charge on any atom is 0.306 e. The molecule has 1 aliphatic heterocycles. The molecular formula is C14H15BrClNO4. The van der Waals surface area contributed by atoms with Crippen LogP contribution < -0.4 is 4.74 Å². The number of carboxylic acids is 1. The number of benzene rings is 1. The van der Waals surface area contributed by atoms with Crippen molar-refractivity contribution in [1.29, 1.82) is 0 Å².